The molecule has 0 amide bonds. The molecule has 3 atom stereocenters. The van der Waals surface area contributed by atoms with Gasteiger partial charge in [-0.25, -0.2) is 0 Å². The van der Waals surface area contributed by atoms with Crippen molar-refractivity contribution in [3.63, 3.8) is 0 Å². The fourth-order valence-corrected chi connectivity index (χ4v) is 2.64. The van der Waals surface area contributed by atoms with E-state index in [-0.39, 0.29) is 18.2 Å². The first kappa shape index (κ1) is 14.4. The van der Waals surface area contributed by atoms with Gasteiger partial charge in [0.05, 0.1) is 6.10 Å². The number of nitrogens with two attached hydrogens (primary N) is 1. The predicted octanol–water partition coefficient (Wildman–Crippen LogP) is 2.65. The maximum absolute atomic E-state index is 10.0. The lowest BCUT2D eigenvalue weighted by atomic mass is 10.1. The summed E-state index contributed by atoms with van der Waals surface area (Å²) in [5.41, 5.74) is 7.01. The average Bonchev–Trinajstić information content (AvgIpc) is 2.57. The normalized spacial score (nSPS) is 25.6. The molecule has 0 aromatic heterocycles. The number of aliphatic hydroxyl groups is 1. The van der Waals surface area contributed by atoms with Crippen molar-refractivity contribution in [1.82, 2.24) is 0 Å². The molecule has 1 aliphatic carbocycles. The first-order valence-electron chi connectivity index (χ1n) is 7.34. The van der Waals surface area contributed by atoms with E-state index in [4.69, 9.17) is 10.5 Å². The molecule has 1 fully saturated rings. The van der Waals surface area contributed by atoms with Crippen LogP contribution in [0.25, 0.3) is 0 Å². The molecular weight excluding hydrogens is 238 g/mol. The molecule has 0 spiro atoms. The molecule has 1 aromatic rings. The van der Waals surface area contributed by atoms with Crippen molar-refractivity contribution in [1.29, 1.82) is 0 Å². The highest BCUT2D eigenvalue weighted by atomic mass is 16.5. The second kappa shape index (κ2) is 6.92. The van der Waals surface area contributed by atoms with Crippen LogP contribution in [0.4, 0.5) is 0 Å². The average molecular weight is 263 g/mol. The van der Waals surface area contributed by atoms with Gasteiger partial charge < -0.3 is 15.6 Å². The number of ether oxygens (including phenoxy) is 1. The summed E-state index contributed by atoms with van der Waals surface area (Å²) in [7, 11) is 0. The molecular formula is C16H25NO2. The van der Waals surface area contributed by atoms with Gasteiger partial charge in [0.1, 0.15) is 11.9 Å². The zero-order valence-electron chi connectivity index (χ0n) is 11.7. The van der Waals surface area contributed by atoms with Crippen LogP contribution in [-0.2, 0) is 6.42 Å². The van der Waals surface area contributed by atoms with Crippen LogP contribution in [0.2, 0.25) is 0 Å². The number of hydrogen-bond donors (Lipinski definition) is 2. The van der Waals surface area contributed by atoms with E-state index in [9.17, 15) is 5.11 Å². The summed E-state index contributed by atoms with van der Waals surface area (Å²) in [6, 6.07) is 8.25. The van der Waals surface area contributed by atoms with E-state index in [0.29, 0.717) is 0 Å². The van der Waals surface area contributed by atoms with Gasteiger partial charge in [0.15, 0.2) is 0 Å². The van der Waals surface area contributed by atoms with Gasteiger partial charge in [-0.15, -0.1) is 0 Å². The van der Waals surface area contributed by atoms with Gasteiger partial charge in [-0.2, -0.15) is 0 Å². The summed E-state index contributed by atoms with van der Waals surface area (Å²) in [6.45, 7) is 2.01. The lowest BCUT2D eigenvalue weighted by Gasteiger charge is -2.22. The van der Waals surface area contributed by atoms with E-state index >= 15 is 0 Å². The minimum atomic E-state index is -0.328. The van der Waals surface area contributed by atoms with Crippen molar-refractivity contribution < 1.29 is 9.84 Å². The highest BCUT2D eigenvalue weighted by Gasteiger charge is 2.23. The van der Waals surface area contributed by atoms with Gasteiger partial charge in [-0.3, -0.25) is 0 Å². The van der Waals surface area contributed by atoms with Crippen LogP contribution < -0.4 is 10.5 Å². The topological polar surface area (TPSA) is 55.5 Å². The van der Waals surface area contributed by atoms with Gasteiger partial charge >= 0.3 is 0 Å². The Kier molecular flexibility index (Phi) is 5.23. The zero-order valence-corrected chi connectivity index (χ0v) is 11.7. The van der Waals surface area contributed by atoms with E-state index in [1.807, 2.05) is 19.1 Å². The van der Waals surface area contributed by atoms with Crippen LogP contribution in [0.15, 0.2) is 24.3 Å². The van der Waals surface area contributed by atoms with Crippen molar-refractivity contribution in [2.45, 2.75) is 63.7 Å². The Morgan fingerprint density at radius 3 is 2.58 bits per heavy atom. The van der Waals surface area contributed by atoms with Crippen molar-refractivity contribution in [2.24, 2.45) is 5.73 Å². The van der Waals surface area contributed by atoms with Crippen LogP contribution >= 0.6 is 0 Å². The molecule has 0 heterocycles. The Bertz CT molecular complexity index is 375. The SMILES string of the molecule is CC(N)Cc1ccc(OC2CCCCCC2O)cc1. The summed E-state index contributed by atoms with van der Waals surface area (Å²) in [6.07, 6.45) is 5.75. The fourth-order valence-electron chi connectivity index (χ4n) is 2.64. The molecule has 0 saturated heterocycles. The smallest absolute Gasteiger partial charge is 0.124 e. The van der Waals surface area contributed by atoms with Gasteiger partial charge in [-0.05, 0) is 50.3 Å². The van der Waals surface area contributed by atoms with E-state index < -0.39 is 0 Å². The number of aliphatic hydroxyl groups excluding tert-OH is 1. The van der Waals surface area contributed by atoms with Crippen LogP contribution in [0, 0.1) is 0 Å². The van der Waals surface area contributed by atoms with Crippen LogP contribution in [0.3, 0.4) is 0 Å². The van der Waals surface area contributed by atoms with Gasteiger partial charge in [0.2, 0.25) is 0 Å². The summed E-state index contributed by atoms with van der Waals surface area (Å²) >= 11 is 0. The lowest BCUT2D eigenvalue weighted by Crippen LogP contribution is -2.30. The second-order valence-corrected chi connectivity index (χ2v) is 5.69. The lowest BCUT2D eigenvalue weighted by molar-refractivity contribution is 0.0320. The van der Waals surface area contributed by atoms with E-state index in [0.717, 1.165) is 37.9 Å². The summed E-state index contributed by atoms with van der Waals surface area (Å²) in [4.78, 5) is 0. The Balaban J connectivity index is 1.94. The predicted molar refractivity (Wildman–Crippen MR) is 77.3 cm³/mol. The van der Waals surface area contributed by atoms with Crippen LogP contribution in [0.5, 0.6) is 5.75 Å². The van der Waals surface area contributed by atoms with Gasteiger partial charge in [0.25, 0.3) is 0 Å². The Morgan fingerprint density at radius 1 is 1.21 bits per heavy atom. The van der Waals surface area contributed by atoms with Crippen molar-refractivity contribution in [3.8, 4) is 5.75 Å². The first-order chi connectivity index (χ1) is 9.15. The summed E-state index contributed by atoms with van der Waals surface area (Å²) < 4.78 is 5.93. The third kappa shape index (κ3) is 4.51. The minimum absolute atomic E-state index is 0.0539. The molecule has 0 bridgehead atoms. The number of hydrogen-bond acceptors (Lipinski definition) is 3. The van der Waals surface area contributed by atoms with Gasteiger partial charge in [-0.1, -0.05) is 25.0 Å². The molecule has 0 aliphatic heterocycles. The Hall–Kier alpha value is -1.06. The van der Waals surface area contributed by atoms with Crippen LogP contribution in [-0.4, -0.2) is 23.4 Å². The molecule has 106 valence electrons. The number of rotatable bonds is 4. The standard InChI is InChI=1S/C16H25NO2/c1-12(17)11-13-7-9-14(10-8-13)19-16-6-4-2-3-5-15(16)18/h7-10,12,15-16,18H,2-6,11,17H2,1H3. The first-order valence-corrected chi connectivity index (χ1v) is 7.34. The van der Waals surface area contributed by atoms with Crippen molar-refractivity contribution in [3.05, 3.63) is 29.8 Å². The molecule has 1 saturated carbocycles. The monoisotopic (exact) mass is 263 g/mol. The molecule has 3 nitrogen and oxygen atoms in total. The fraction of sp³-hybridized carbons (Fsp3) is 0.625. The molecule has 3 heteroatoms. The molecule has 1 aliphatic rings. The highest BCUT2D eigenvalue weighted by Crippen LogP contribution is 2.23. The maximum Gasteiger partial charge on any atom is 0.124 e. The van der Waals surface area contributed by atoms with Crippen LogP contribution in [0.1, 0.15) is 44.6 Å². The minimum Gasteiger partial charge on any atom is -0.488 e. The van der Waals surface area contributed by atoms with E-state index in [2.05, 4.69) is 12.1 Å². The highest BCUT2D eigenvalue weighted by molar-refractivity contribution is 5.28. The molecule has 3 N–H and O–H groups in total. The molecule has 19 heavy (non-hydrogen) atoms. The quantitative estimate of drug-likeness (QED) is 0.821. The molecule has 2 rings (SSSR count). The van der Waals surface area contributed by atoms with Crippen molar-refractivity contribution in [2.75, 3.05) is 0 Å². The van der Waals surface area contributed by atoms with Gasteiger partial charge in [0, 0.05) is 6.04 Å². The Labute approximate surface area is 115 Å². The molecule has 1 aromatic carbocycles. The van der Waals surface area contributed by atoms with Crippen molar-refractivity contribution >= 4 is 0 Å². The maximum atomic E-state index is 10.0. The Morgan fingerprint density at radius 2 is 1.89 bits per heavy atom. The van der Waals surface area contributed by atoms with E-state index in [1.165, 1.54) is 12.0 Å². The van der Waals surface area contributed by atoms with E-state index in [1.54, 1.807) is 0 Å². The third-order valence-corrected chi connectivity index (χ3v) is 3.69. The summed E-state index contributed by atoms with van der Waals surface area (Å²) in [5, 5.41) is 10.0. The zero-order chi connectivity index (χ0) is 13.7. The third-order valence-electron chi connectivity index (χ3n) is 3.69. The number of benzene rings is 1. The molecule has 0 radical (unpaired) electrons. The molecule has 3 unspecified atom stereocenters. The largest absolute Gasteiger partial charge is 0.488 e. The summed E-state index contributed by atoms with van der Waals surface area (Å²) in [5.74, 6) is 0.847. The second-order valence-electron chi connectivity index (χ2n) is 5.69.